The van der Waals surface area contributed by atoms with E-state index in [9.17, 15) is 4.79 Å². The van der Waals surface area contributed by atoms with Crippen LogP contribution in [0.4, 0.5) is 4.79 Å². The highest BCUT2D eigenvalue weighted by Crippen LogP contribution is 2.19. The van der Waals surface area contributed by atoms with E-state index in [2.05, 4.69) is 16.9 Å². The second-order valence-corrected chi connectivity index (χ2v) is 6.01. The Balaban J connectivity index is 1.82. The molecule has 0 spiro atoms. The maximum atomic E-state index is 11.7. The summed E-state index contributed by atoms with van der Waals surface area (Å²) in [6.45, 7) is 8.06. The SMILES string of the molecule is C=CCOc1ccccc1CN=C(N)NC1CCN(C(=O)OCC)CC1. The molecule has 1 fully saturated rings. The van der Waals surface area contributed by atoms with Gasteiger partial charge < -0.3 is 25.4 Å². The molecule has 3 N–H and O–H groups in total. The summed E-state index contributed by atoms with van der Waals surface area (Å²) in [5.74, 6) is 1.19. The number of nitrogens with one attached hydrogen (secondary N) is 1. The smallest absolute Gasteiger partial charge is 0.409 e. The Morgan fingerprint density at radius 3 is 2.85 bits per heavy atom. The fraction of sp³-hybridized carbons (Fsp3) is 0.474. The first-order valence-corrected chi connectivity index (χ1v) is 8.93. The second-order valence-electron chi connectivity index (χ2n) is 6.01. The first kappa shape index (κ1) is 19.6. The molecule has 1 aliphatic rings. The molecular weight excluding hydrogens is 332 g/mol. The van der Waals surface area contributed by atoms with Crippen LogP contribution in [0.1, 0.15) is 25.3 Å². The molecule has 0 unspecified atom stereocenters. The quantitative estimate of drug-likeness (QED) is 0.442. The molecule has 1 aliphatic heterocycles. The van der Waals surface area contributed by atoms with Crippen LogP contribution < -0.4 is 15.8 Å². The van der Waals surface area contributed by atoms with Gasteiger partial charge in [0.25, 0.3) is 0 Å². The summed E-state index contributed by atoms with van der Waals surface area (Å²) < 4.78 is 10.6. The molecule has 2 rings (SSSR count). The normalized spacial score (nSPS) is 15.4. The summed E-state index contributed by atoms with van der Waals surface area (Å²) >= 11 is 0. The zero-order valence-corrected chi connectivity index (χ0v) is 15.3. The molecule has 7 heteroatoms. The Labute approximate surface area is 154 Å². The number of piperidine rings is 1. The summed E-state index contributed by atoms with van der Waals surface area (Å²) in [5.41, 5.74) is 6.99. The van der Waals surface area contributed by atoms with Crippen LogP contribution in [0.5, 0.6) is 5.75 Å². The third kappa shape index (κ3) is 5.98. The highest BCUT2D eigenvalue weighted by molar-refractivity contribution is 5.78. The number of carbonyl (C=O) groups is 1. The standard InChI is InChI=1S/C19H28N4O3/c1-3-13-26-17-8-6-5-7-15(17)14-21-18(20)22-16-9-11-23(12-10-16)19(24)25-4-2/h3,5-8,16H,1,4,9-14H2,2H3,(H3,20,21,22). The molecule has 0 atom stereocenters. The van der Waals surface area contributed by atoms with Gasteiger partial charge in [-0.3, -0.25) is 0 Å². The third-order valence-corrected chi connectivity index (χ3v) is 4.12. The first-order chi connectivity index (χ1) is 12.6. The van der Waals surface area contributed by atoms with Crippen molar-refractivity contribution in [3.63, 3.8) is 0 Å². The molecule has 0 aromatic heterocycles. The predicted molar refractivity (Wildman–Crippen MR) is 102 cm³/mol. The molecule has 0 radical (unpaired) electrons. The number of hydrogen-bond donors (Lipinski definition) is 2. The number of benzene rings is 1. The molecule has 1 aromatic rings. The lowest BCUT2D eigenvalue weighted by Gasteiger charge is -2.31. The van der Waals surface area contributed by atoms with Gasteiger partial charge in [-0.2, -0.15) is 0 Å². The fourth-order valence-corrected chi connectivity index (χ4v) is 2.77. The summed E-state index contributed by atoms with van der Waals surface area (Å²) in [7, 11) is 0. The number of aliphatic imine (C=N–C) groups is 1. The van der Waals surface area contributed by atoms with Gasteiger partial charge in [0.15, 0.2) is 5.96 Å². The molecule has 142 valence electrons. The van der Waals surface area contributed by atoms with E-state index >= 15 is 0 Å². The molecule has 1 amide bonds. The van der Waals surface area contributed by atoms with Gasteiger partial charge >= 0.3 is 6.09 Å². The maximum Gasteiger partial charge on any atom is 0.409 e. The minimum Gasteiger partial charge on any atom is -0.489 e. The van der Waals surface area contributed by atoms with Crippen LogP contribution in [0.15, 0.2) is 41.9 Å². The van der Waals surface area contributed by atoms with Crippen LogP contribution in [0.25, 0.3) is 0 Å². The van der Waals surface area contributed by atoms with Crippen LogP contribution in [-0.4, -0.2) is 49.3 Å². The highest BCUT2D eigenvalue weighted by Gasteiger charge is 2.23. The Morgan fingerprint density at radius 1 is 1.42 bits per heavy atom. The van der Waals surface area contributed by atoms with Crippen molar-refractivity contribution in [3.8, 4) is 5.75 Å². The van der Waals surface area contributed by atoms with Crippen molar-refractivity contribution in [1.82, 2.24) is 10.2 Å². The van der Waals surface area contributed by atoms with Crippen LogP contribution in [-0.2, 0) is 11.3 Å². The number of amides is 1. The number of hydrogen-bond acceptors (Lipinski definition) is 4. The van der Waals surface area contributed by atoms with Crippen molar-refractivity contribution in [2.45, 2.75) is 32.4 Å². The van der Waals surface area contributed by atoms with Gasteiger partial charge in [0.05, 0.1) is 13.2 Å². The van der Waals surface area contributed by atoms with Crippen LogP contribution in [0.2, 0.25) is 0 Å². The number of ether oxygens (including phenoxy) is 2. The molecule has 7 nitrogen and oxygen atoms in total. The lowest BCUT2D eigenvalue weighted by Crippen LogP contribution is -2.48. The van der Waals surface area contributed by atoms with Crippen molar-refractivity contribution >= 4 is 12.1 Å². The summed E-state index contributed by atoms with van der Waals surface area (Å²) in [5, 5.41) is 3.24. The van der Waals surface area contributed by atoms with Crippen molar-refractivity contribution < 1.29 is 14.3 Å². The number of nitrogens with zero attached hydrogens (tertiary/aromatic N) is 2. The van der Waals surface area contributed by atoms with Gasteiger partial charge in [0, 0.05) is 24.7 Å². The van der Waals surface area contributed by atoms with E-state index < -0.39 is 0 Å². The van der Waals surface area contributed by atoms with E-state index in [0.29, 0.717) is 38.8 Å². The number of rotatable bonds is 7. The Kier molecular flexibility index (Phi) is 7.79. The molecule has 26 heavy (non-hydrogen) atoms. The second kappa shape index (κ2) is 10.3. The van der Waals surface area contributed by atoms with Crippen LogP contribution in [0.3, 0.4) is 0 Å². The number of nitrogens with two attached hydrogens (primary N) is 1. The van der Waals surface area contributed by atoms with Gasteiger partial charge in [-0.25, -0.2) is 9.79 Å². The van der Waals surface area contributed by atoms with Crippen molar-refractivity contribution in [1.29, 1.82) is 0 Å². The molecular formula is C19H28N4O3. The average Bonchev–Trinajstić information content (AvgIpc) is 2.66. The Morgan fingerprint density at radius 2 is 2.15 bits per heavy atom. The van der Waals surface area contributed by atoms with E-state index in [0.717, 1.165) is 24.2 Å². The lowest BCUT2D eigenvalue weighted by atomic mass is 10.1. The molecule has 0 bridgehead atoms. The van der Waals surface area contributed by atoms with E-state index in [4.69, 9.17) is 15.2 Å². The minimum atomic E-state index is -0.247. The molecule has 1 saturated heterocycles. The van der Waals surface area contributed by atoms with E-state index in [1.54, 1.807) is 11.0 Å². The summed E-state index contributed by atoms with van der Waals surface area (Å²) in [6, 6.07) is 7.94. The van der Waals surface area contributed by atoms with E-state index in [1.807, 2.05) is 31.2 Å². The zero-order valence-electron chi connectivity index (χ0n) is 15.3. The van der Waals surface area contributed by atoms with Crippen molar-refractivity contribution in [3.05, 3.63) is 42.5 Å². The van der Waals surface area contributed by atoms with E-state index in [-0.39, 0.29) is 12.1 Å². The van der Waals surface area contributed by atoms with Gasteiger partial charge in [0.2, 0.25) is 0 Å². The highest BCUT2D eigenvalue weighted by atomic mass is 16.6. The van der Waals surface area contributed by atoms with Crippen LogP contribution >= 0.6 is 0 Å². The Bertz CT molecular complexity index is 625. The van der Waals surface area contributed by atoms with Gasteiger partial charge in [-0.1, -0.05) is 30.9 Å². The number of likely N-dealkylation sites (tertiary alicyclic amines) is 1. The molecule has 0 saturated carbocycles. The van der Waals surface area contributed by atoms with Crippen molar-refractivity contribution in [2.24, 2.45) is 10.7 Å². The van der Waals surface area contributed by atoms with Gasteiger partial charge in [-0.15, -0.1) is 0 Å². The predicted octanol–water partition coefficient (Wildman–Crippen LogP) is 2.28. The third-order valence-electron chi connectivity index (χ3n) is 4.12. The largest absolute Gasteiger partial charge is 0.489 e. The number of para-hydroxylation sites is 1. The van der Waals surface area contributed by atoms with Gasteiger partial charge in [0.1, 0.15) is 12.4 Å². The summed E-state index contributed by atoms with van der Waals surface area (Å²) in [4.78, 5) is 17.8. The van der Waals surface area contributed by atoms with Crippen LogP contribution in [0, 0.1) is 0 Å². The van der Waals surface area contributed by atoms with Gasteiger partial charge in [-0.05, 0) is 25.8 Å². The first-order valence-electron chi connectivity index (χ1n) is 8.93. The topological polar surface area (TPSA) is 89.2 Å². The van der Waals surface area contributed by atoms with Crippen molar-refractivity contribution in [2.75, 3.05) is 26.3 Å². The van der Waals surface area contributed by atoms with E-state index in [1.165, 1.54) is 0 Å². The maximum absolute atomic E-state index is 11.7. The number of carbonyl (C=O) groups excluding carboxylic acids is 1. The monoisotopic (exact) mass is 360 g/mol. The molecule has 1 aromatic carbocycles. The minimum absolute atomic E-state index is 0.205. The lowest BCUT2D eigenvalue weighted by molar-refractivity contribution is 0.0963. The average molecular weight is 360 g/mol. The Hall–Kier alpha value is -2.70. The molecule has 1 heterocycles. The summed E-state index contributed by atoms with van der Waals surface area (Å²) in [6.07, 6.45) is 3.09. The number of guanidine groups is 1. The molecule has 0 aliphatic carbocycles. The zero-order chi connectivity index (χ0) is 18.8. The fourth-order valence-electron chi connectivity index (χ4n) is 2.77.